The summed E-state index contributed by atoms with van der Waals surface area (Å²) in [6.07, 6.45) is -2.05. The number of nitrogens with one attached hydrogen (secondary N) is 1. The van der Waals surface area contributed by atoms with E-state index in [0.717, 1.165) is 19.0 Å². The highest BCUT2D eigenvalue weighted by molar-refractivity contribution is 7.92. The van der Waals surface area contributed by atoms with Crippen LogP contribution < -0.4 is 10.2 Å². The number of aliphatic hydroxyl groups is 1. The number of halogens is 3. The number of ether oxygens (including phenoxy) is 1. The molecule has 45 heavy (non-hydrogen) atoms. The Morgan fingerprint density at radius 3 is 2.38 bits per heavy atom. The number of piperidine rings is 2. The number of hydrogen-bond acceptors (Lipinski definition) is 9. The highest BCUT2D eigenvalue weighted by Crippen LogP contribution is 2.53. The number of β-amino-alcohol motifs (C(OH)–C–C–N with tert-alkyl or cyclic N) is 1. The molecule has 2 unspecified atom stereocenters. The van der Waals surface area contributed by atoms with Crippen LogP contribution in [-0.2, 0) is 20.8 Å². The fourth-order valence-corrected chi connectivity index (χ4v) is 8.79. The smallest absolute Gasteiger partial charge is 0.421 e. The van der Waals surface area contributed by atoms with Crippen molar-refractivity contribution in [3.05, 3.63) is 35.5 Å². The molecule has 1 aromatic heterocycles. The maximum atomic E-state index is 13.8. The minimum atomic E-state index is -4.68. The van der Waals surface area contributed by atoms with Crippen molar-refractivity contribution in [2.45, 2.75) is 94.7 Å². The van der Waals surface area contributed by atoms with E-state index < -0.39 is 38.5 Å². The van der Waals surface area contributed by atoms with Crippen LogP contribution in [0.4, 0.5) is 35.4 Å². The highest BCUT2D eigenvalue weighted by Gasteiger charge is 2.51. The second-order valence-corrected chi connectivity index (χ2v) is 16.2. The zero-order valence-electron chi connectivity index (χ0n) is 26.3. The second kappa shape index (κ2) is 11.9. The van der Waals surface area contributed by atoms with Crippen LogP contribution in [0.2, 0.25) is 0 Å². The number of carbonyl (C=O) groups is 1. The lowest BCUT2D eigenvalue weighted by Crippen LogP contribution is -2.53. The van der Waals surface area contributed by atoms with E-state index in [1.807, 2.05) is 27.7 Å². The number of carbonyl (C=O) groups excluding carboxylic acids is 1. The van der Waals surface area contributed by atoms with Crippen molar-refractivity contribution in [3.63, 3.8) is 0 Å². The van der Waals surface area contributed by atoms with Crippen LogP contribution in [0.1, 0.15) is 70.9 Å². The molecule has 3 fully saturated rings. The summed E-state index contributed by atoms with van der Waals surface area (Å²) in [5.41, 5.74) is -0.627. The average molecular weight is 654 g/mol. The number of likely N-dealkylation sites (tertiary alicyclic amines) is 1. The predicted molar refractivity (Wildman–Crippen MR) is 163 cm³/mol. The van der Waals surface area contributed by atoms with Gasteiger partial charge in [0.2, 0.25) is 5.95 Å². The van der Waals surface area contributed by atoms with Crippen molar-refractivity contribution in [1.29, 1.82) is 0 Å². The molecule has 3 heterocycles. The van der Waals surface area contributed by atoms with E-state index in [0.29, 0.717) is 50.1 Å². The fraction of sp³-hybridized carbons (Fsp3) is 0.645. The van der Waals surface area contributed by atoms with Crippen molar-refractivity contribution in [1.82, 2.24) is 14.9 Å². The number of amides is 1. The number of alkyl halides is 3. The monoisotopic (exact) mass is 653 g/mol. The zero-order valence-corrected chi connectivity index (χ0v) is 27.1. The number of hydrogen-bond donors (Lipinski definition) is 2. The van der Waals surface area contributed by atoms with Crippen LogP contribution in [0.15, 0.2) is 29.3 Å². The molecule has 3 aliphatic rings. The van der Waals surface area contributed by atoms with E-state index in [9.17, 15) is 31.5 Å². The predicted octanol–water partition coefficient (Wildman–Crippen LogP) is 5.71. The molecule has 1 saturated carbocycles. The fourth-order valence-electron chi connectivity index (χ4n) is 6.66. The summed E-state index contributed by atoms with van der Waals surface area (Å²) in [5, 5.41) is 12.6. The Hall–Kier alpha value is -3.13. The first-order valence-electron chi connectivity index (χ1n) is 15.3. The number of rotatable bonds is 5. The highest BCUT2D eigenvalue weighted by atomic mass is 32.2. The van der Waals surface area contributed by atoms with Crippen molar-refractivity contribution in [2.24, 2.45) is 11.3 Å². The third kappa shape index (κ3) is 7.32. The Bertz CT molecular complexity index is 1520. The van der Waals surface area contributed by atoms with Gasteiger partial charge in [-0.25, -0.2) is 18.2 Å². The van der Waals surface area contributed by atoms with Gasteiger partial charge in [-0.1, -0.05) is 6.92 Å². The molecular formula is C31H42F3N5O5S. The lowest BCUT2D eigenvalue weighted by Gasteiger charge is -2.51. The summed E-state index contributed by atoms with van der Waals surface area (Å²) in [6, 6.07) is 4.62. The van der Waals surface area contributed by atoms with Crippen LogP contribution in [-0.4, -0.2) is 77.6 Å². The Morgan fingerprint density at radius 2 is 1.80 bits per heavy atom. The van der Waals surface area contributed by atoms with Crippen LogP contribution in [0.3, 0.4) is 0 Å². The van der Waals surface area contributed by atoms with Gasteiger partial charge in [-0.2, -0.15) is 18.2 Å². The van der Waals surface area contributed by atoms with E-state index in [-0.39, 0.29) is 40.6 Å². The summed E-state index contributed by atoms with van der Waals surface area (Å²) in [7, 11) is -3.62. The van der Waals surface area contributed by atoms with E-state index in [2.05, 4.69) is 15.3 Å². The van der Waals surface area contributed by atoms with Gasteiger partial charge in [0, 0.05) is 38.1 Å². The number of anilines is 3. The topological polar surface area (TPSA) is 125 Å². The minimum absolute atomic E-state index is 0.0199. The molecule has 1 aliphatic carbocycles. The first kappa shape index (κ1) is 33.2. The summed E-state index contributed by atoms with van der Waals surface area (Å²) in [5.74, 6) is -0.394. The molecule has 2 N–H and O–H groups in total. The van der Waals surface area contributed by atoms with Crippen LogP contribution in [0.5, 0.6) is 0 Å². The summed E-state index contributed by atoms with van der Waals surface area (Å²) < 4.78 is 74.0. The number of aromatic nitrogens is 2. The molecule has 14 heteroatoms. The van der Waals surface area contributed by atoms with E-state index >= 15 is 0 Å². The average Bonchev–Trinajstić information content (AvgIpc) is 2.90. The molecular weight excluding hydrogens is 611 g/mol. The molecule has 5 rings (SSSR count). The van der Waals surface area contributed by atoms with Gasteiger partial charge >= 0.3 is 12.3 Å². The zero-order chi connectivity index (χ0) is 32.9. The summed E-state index contributed by atoms with van der Waals surface area (Å²) >= 11 is 0. The molecule has 0 bridgehead atoms. The van der Waals surface area contributed by atoms with Gasteiger partial charge in [-0.05, 0) is 94.9 Å². The van der Waals surface area contributed by atoms with Crippen LogP contribution >= 0.6 is 0 Å². The number of sulfone groups is 1. The summed E-state index contributed by atoms with van der Waals surface area (Å²) in [4.78, 5) is 23.8. The van der Waals surface area contributed by atoms with Crippen molar-refractivity contribution in [3.8, 4) is 0 Å². The lowest BCUT2D eigenvalue weighted by atomic mass is 9.63. The number of aliphatic hydroxyl groups excluding tert-OH is 1. The molecule has 2 aliphatic heterocycles. The SMILES string of the molecule is Cc1cc(S(=O)(=O)C2CC3(CCN(C(=O)OC(C)(C)C)CC3)C2)ccc1Nc1ncc(C(F)(F)F)c(N2CC(C)CC(O)C2)n1. The normalized spacial score (nSPS) is 22.7. The third-order valence-corrected chi connectivity index (χ3v) is 11.1. The molecule has 1 aromatic carbocycles. The standard InChI is InChI=1S/C31H42F3N5O5S/c1-19-12-21(40)18-39(17-19)26-24(31(32,33)34)16-35-27(37-26)36-25-7-6-22(13-20(25)2)45(42,43)23-14-30(15-23)8-10-38(11-9-30)28(41)44-29(3,4)5/h6-7,13,16,19,21,23,40H,8-12,14-15,17-18H2,1-5H3,(H,35,36,37). The number of nitrogens with zero attached hydrogens (tertiary/aromatic N) is 4. The third-order valence-electron chi connectivity index (χ3n) is 9.02. The van der Waals surface area contributed by atoms with Crippen LogP contribution in [0.25, 0.3) is 0 Å². The van der Waals surface area contributed by atoms with E-state index in [4.69, 9.17) is 4.74 Å². The maximum Gasteiger partial charge on any atom is 0.421 e. The van der Waals surface area contributed by atoms with Gasteiger partial charge < -0.3 is 25.0 Å². The Labute approximate surface area is 262 Å². The maximum absolute atomic E-state index is 13.8. The Morgan fingerprint density at radius 1 is 1.13 bits per heavy atom. The lowest BCUT2D eigenvalue weighted by molar-refractivity contribution is -0.137. The molecule has 0 radical (unpaired) electrons. The van der Waals surface area contributed by atoms with Crippen molar-refractivity contribution in [2.75, 3.05) is 36.4 Å². The van der Waals surface area contributed by atoms with Crippen molar-refractivity contribution >= 4 is 33.4 Å². The quantitative estimate of drug-likeness (QED) is 0.418. The molecule has 1 amide bonds. The minimum Gasteiger partial charge on any atom is -0.444 e. The molecule has 248 valence electrons. The van der Waals surface area contributed by atoms with Crippen LogP contribution in [0, 0.1) is 18.3 Å². The van der Waals surface area contributed by atoms with E-state index in [1.54, 1.807) is 24.0 Å². The second-order valence-electron chi connectivity index (χ2n) is 14.0. The molecule has 2 atom stereocenters. The first-order chi connectivity index (χ1) is 20.8. The Kier molecular flexibility index (Phi) is 8.79. The molecule has 2 aromatic rings. The number of aryl methyl sites for hydroxylation is 1. The number of benzene rings is 1. The Balaban J connectivity index is 1.26. The van der Waals surface area contributed by atoms with Gasteiger partial charge in [0.1, 0.15) is 17.0 Å². The molecule has 10 nitrogen and oxygen atoms in total. The first-order valence-corrected chi connectivity index (χ1v) is 16.9. The molecule has 1 spiro atoms. The summed E-state index contributed by atoms with van der Waals surface area (Å²) in [6.45, 7) is 10.5. The van der Waals surface area contributed by atoms with Crippen molar-refractivity contribution < 1.29 is 36.2 Å². The van der Waals surface area contributed by atoms with Gasteiger partial charge in [0.15, 0.2) is 9.84 Å². The van der Waals surface area contributed by atoms with Gasteiger partial charge in [0.25, 0.3) is 0 Å². The van der Waals surface area contributed by atoms with E-state index in [1.165, 1.54) is 11.0 Å². The van der Waals surface area contributed by atoms with Gasteiger partial charge in [0.05, 0.1) is 16.2 Å². The molecule has 2 saturated heterocycles. The van der Waals surface area contributed by atoms with Gasteiger partial charge in [-0.3, -0.25) is 0 Å². The largest absolute Gasteiger partial charge is 0.444 e. The van der Waals surface area contributed by atoms with Gasteiger partial charge in [-0.15, -0.1) is 0 Å².